The molecule has 0 fully saturated rings. The number of benzene rings is 2. The van der Waals surface area contributed by atoms with Gasteiger partial charge in [-0.25, -0.2) is 0 Å². The van der Waals surface area contributed by atoms with E-state index in [2.05, 4.69) is 5.32 Å². The van der Waals surface area contributed by atoms with Gasteiger partial charge in [0, 0.05) is 0 Å². The molecule has 0 aliphatic rings. The molecule has 30 heavy (non-hydrogen) atoms. The van der Waals surface area contributed by atoms with Crippen LogP contribution in [0.1, 0.15) is 11.3 Å². The summed E-state index contributed by atoms with van der Waals surface area (Å²) in [6.07, 6.45) is 1.52. The molecule has 0 unspecified atom stereocenters. The van der Waals surface area contributed by atoms with Crippen molar-refractivity contribution in [2.75, 3.05) is 25.6 Å². The van der Waals surface area contributed by atoms with Crippen molar-refractivity contribution < 1.29 is 23.5 Å². The monoisotopic (exact) mass is 408 g/mol. The van der Waals surface area contributed by atoms with E-state index in [9.17, 15) is 9.59 Å². The fourth-order valence-corrected chi connectivity index (χ4v) is 2.88. The third kappa shape index (κ3) is 5.64. The SMILES string of the molecule is COc1ccccc1NC(=O)CN(Cc1ccco1)C(=O)COc1ccccc1C. The van der Waals surface area contributed by atoms with Crippen LogP contribution >= 0.6 is 0 Å². The fourth-order valence-electron chi connectivity index (χ4n) is 2.88. The second kappa shape index (κ2) is 10.2. The highest BCUT2D eigenvalue weighted by Crippen LogP contribution is 2.23. The van der Waals surface area contributed by atoms with E-state index in [1.54, 1.807) is 36.4 Å². The highest BCUT2D eigenvalue weighted by molar-refractivity contribution is 5.95. The van der Waals surface area contributed by atoms with Crippen LogP contribution in [0.3, 0.4) is 0 Å². The number of ether oxygens (including phenoxy) is 2. The van der Waals surface area contributed by atoms with Gasteiger partial charge >= 0.3 is 0 Å². The van der Waals surface area contributed by atoms with Crippen molar-refractivity contribution in [3.05, 3.63) is 78.3 Å². The first-order valence-corrected chi connectivity index (χ1v) is 9.48. The predicted molar refractivity (Wildman–Crippen MR) is 112 cm³/mol. The quantitative estimate of drug-likeness (QED) is 0.585. The zero-order valence-electron chi connectivity index (χ0n) is 17.0. The van der Waals surface area contributed by atoms with Gasteiger partial charge in [-0.3, -0.25) is 9.59 Å². The lowest BCUT2D eigenvalue weighted by Gasteiger charge is -2.22. The number of amides is 2. The van der Waals surface area contributed by atoms with Crippen molar-refractivity contribution in [1.82, 2.24) is 4.90 Å². The van der Waals surface area contributed by atoms with Crippen LogP contribution in [0.5, 0.6) is 11.5 Å². The summed E-state index contributed by atoms with van der Waals surface area (Å²) in [4.78, 5) is 26.8. The minimum atomic E-state index is -0.352. The third-order valence-corrected chi connectivity index (χ3v) is 4.44. The number of para-hydroxylation sites is 3. The highest BCUT2D eigenvalue weighted by atomic mass is 16.5. The number of nitrogens with one attached hydrogen (secondary N) is 1. The third-order valence-electron chi connectivity index (χ3n) is 4.44. The van der Waals surface area contributed by atoms with Gasteiger partial charge in [0.25, 0.3) is 5.91 Å². The standard InChI is InChI=1S/C23H24N2O5/c1-17-8-3-5-11-20(17)30-16-23(27)25(14-18-9-7-13-29-18)15-22(26)24-19-10-4-6-12-21(19)28-2/h3-13H,14-16H2,1-2H3,(H,24,26). The predicted octanol–water partition coefficient (Wildman–Crippen LogP) is 3.64. The van der Waals surface area contributed by atoms with E-state index < -0.39 is 0 Å². The zero-order valence-corrected chi connectivity index (χ0v) is 17.0. The summed E-state index contributed by atoms with van der Waals surface area (Å²) in [5, 5.41) is 2.78. The molecule has 3 rings (SSSR count). The minimum Gasteiger partial charge on any atom is -0.495 e. The first-order valence-electron chi connectivity index (χ1n) is 9.48. The molecule has 0 saturated heterocycles. The first kappa shape index (κ1) is 21.0. The lowest BCUT2D eigenvalue weighted by atomic mass is 10.2. The maximum absolute atomic E-state index is 12.8. The Labute approximate surface area is 175 Å². The Kier molecular flexibility index (Phi) is 7.10. The Morgan fingerprint density at radius 1 is 1.00 bits per heavy atom. The van der Waals surface area contributed by atoms with E-state index in [-0.39, 0.29) is 31.5 Å². The number of carbonyl (C=O) groups is 2. The van der Waals surface area contributed by atoms with Gasteiger partial charge in [0.05, 0.1) is 25.6 Å². The average Bonchev–Trinajstić information content (AvgIpc) is 3.26. The summed E-state index contributed by atoms with van der Waals surface area (Å²) < 4.78 is 16.3. The number of aryl methyl sites for hydroxylation is 1. The van der Waals surface area contributed by atoms with Gasteiger partial charge in [-0.05, 0) is 42.8 Å². The molecule has 3 aromatic rings. The number of hydrogen-bond donors (Lipinski definition) is 1. The second-order valence-corrected chi connectivity index (χ2v) is 6.63. The Hall–Kier alpha value is -3.74. The van der Waals surface area contributed by atoms with Crippen LogP contribution in [0.4, 0.5) is 5.69 Å². The Balaban J connectivity index is 1.67. The molecular weight excluding hydrogens is 384 g/mol. The van der Waals surface area contributed by atoms with Gasteiger partial charge in [0.1, 0.15) is 23.8 Å². The van der Waals surface area contributed by atoms with Crippen LogP contribution in [0.2, 0.25) is 0 Å². The molecule has 7 nitrogen and oxygen atoms in total. The van der Waals surface area contributed by atoms with Crippen molar-refractivity contribution in [1.29, 1.82) is 0 Å². The van der Waals surface area contributed by atoms with Crippen LogP contribution in [-0.4, -0.2) is 37.0 Å². The Morgan fingerprint density at radius 2 is 1.73 bits per heavy atom. The van der Waals surface area contributed by atoms with Crippen molar-refractivity contribution in [2.45, 2.75) is 13.5 Å². The normalized spacial score (nSPS) is 10.3. The topological polar surface area (TPSA) is 81.0 Å². The molecular formula is C23H24N2O5. The molecule has 2 amide bonds. The summed E-state index contributed by atoms with van der Waals surface area (Å²) in [7, 11) is 1.53. The number of nitrogens with zero attached hydrogens (tertiary/aromatic N) is 1. The van der Waals surface area contributed by atoms with E-state index in [0.29, 0.717) is 22.9 Å². The first-order chi connectivity index (χ1) is 14.6. The van der Waals surface area contributed by atoms with Gasteiger partial charge in [-0.2, -0.15) is 0 Å². The maximum atomic E-state index is 12.8. The van der Waals surface area contributed by atoms with Gasteiger partial charge in [-0.15, -0.1) is 0 Å². The van der Waals surface area contributed by atoms with Crippen molar-refractivity contribution in [3.63, 3.8) is 0 Å². The molecule has 156 valence electrons. The number of methoxy groups -OCH3 is 1. The smallest absolute Gasteiger partial charge is 0.261 e. The van der Waals surface area contributed by atoms with Gasteiger partial charge in [0.2, 0.25) is 5.91 Å². The summed E-state index contributed by atoms with van der Waals surface area (Å²) in [5.74, 6) is 1.06. The molecule has 0 radical (unpaired) electrons. The largest absolute Gasteiger partial charge is 0.495 e. The molecule has 0 aliphatic carbocycles. The van der Waals surface area contributed by atoms with E-state index in [1.165, 1.54) is 18.3 Å². The van der Waals surface area contributed by atoms with Crippen molar-refractivity contribution in [3.8, 4) is 11.5 Å². The van der Waals surface area contributed by atoms with Gasteiger partial charge in [0.15, 0.2) is 6.61 Å². The molecule has 7 heteroatoms. The minimum absolute atomic E-state index is 0.155. The van der Waals surface area contributed by atoms with E-state index in [4.69, 9.17) is 13.9 Å². The number of anilines is 1. The second-order valence-electron chi connectivity index (χ2n) is 6.63. The van der Waals surface area contributed by atoms with Crippen LogP contribution in [0.15, 0.2) is 71.3 Å². The molecule has 0 atom stereocenters. The lowest BCUT2D eigenvalue weighted by Crippen LogP contribution is -2.40. The van der Waals surface area contributed by atoms with E-state index >= 15 is 0 Å². The number of carbonyl (C=O) groups excluding carboxylic acids is 2. The highest BCUT2D eigenvalue weighted by Gasteiger charge is 2.20. The fraction of sp³-hybridized carbons (Fsp3) is 0.217. The molecule has 1 N–H and O–H groups in total. The molecule has 0 bridgehead atoms. The summed E-state index contributed by atoms with van der Waals surface area (Å²) >= 11 is 0. The molecule has 2 aromatic carbocycles. The van der Waals surface area contributed by atoms with Crippen LogP contribution < -0.4 is 14.8 Å². The summed E-state index contributed by atoms with van der Waals surface area (Å²) in [5.41, 5.74) is 1.46. The Morgan fingerprint density at radius 3 is 2.43 bits per heavy atom. The number of rotatable bonds is 9. The Bertz CT molecular complexity index is 985. The molecule has 1 heterocycles. The molecule has 1 aromatic heterocycles. The summed E-state index contributed by atoms with van der Waals surface area (Å²) in [6.45, 7) is 1.71. The maximum Gasteiger partial charge on any atom is 0.261 e. The van der Waals surface area contributed by atoms with Crippen LogP contribution in [0, 0.1) is 6.92 Å². The van der Waals surface area contributed by atoms with Gasteiger partial charge in [-0.1, -0.05) is 30.3 Å². The number of hydrogen-bond acceptors (Lipinski definition) is 5. The van der Waals surface area contributed by atoms with Crippen LogP contribution in [0.25, 0.3) is 0 Å². The molecule has 0 saturated carbocycles. The van der Waals surface area contributed by atoms with Crippen LogP contribution in [-0.2, 0) is 16.1 Å². The van der Waals surface area contributed by atoms with Crippen molar-refractivity contribution >= 4 is 17.5 Å². The molecule has 0 aliphatic heterocycles. The van der Waals surface area contributed by atoms with E-state index in [0.717, 1.165) is 5.56 Å². The number of furan rings is 1. The van der Waals surface area contributed by atoms with E-state index in [1.807, 2.05) is 31.2 Å². The van der Waals surface area contributed by atoms with Gasteiger partial charge < -0.3 is 24.1 Å². The molecule has 0 spiro atoms. The summed E-state index contributed by atoms with van der Waals surface area (Å²) in [6, 6.07) is 18.0. The average molecular weight is 408 g/mol. The zero-order chi connectivity index (χ0) is 21.3. The van der Waals surface area contributed by atoms with Crippen molar-refractivity contribution in [2.24, 2.45) is 0 Å². The lowest BCUT2D eigenvalue weighted by molar-refractivity contribution is -0.137.